The molecule has 1 amide bonds. The first kappa shape index (κ1) is 25.8. The van der Waals surface area contributed by atoms with Crippen LogP contribution in [-0.2, 0) is 4.74 Å². The van der Waals surface area contributed by atoms with Crippen LogP contribution in [-0.4, -0.2) is 93.4 Å². The minimum atomic E-state index is -0.495. The lowest BCUT2D eigenvalue weighted by atomic mass is 10.0. The van der Waals surface area contributed by atoms with Crippen LogP contribution in [0.2, 0.25) is 0 Å². The van der Waals surface area contributed by atoms with Crippen molar-refractivity contribution in [1.29, 1.82) is 0 Å². The Labute approximate surface area is 220 Å². The number of carbonyl (C=O) groups excluding carboxylic acids is 1. The second-order valence-corrected chi connectivity index (χ2v) is 9.33. The molecule has 5 rings (SSSR count). The van der Waals surface area contributed by atoms with Crippen molar-refractivity contribution in [2.45, 2.75) is 26.3 Å². The maximum Gasteiger partial charge on any atom is 0.253 e. The number of likely N-dealkylation sites (N-methyl/N-ethyl adjacent to an activating group) is 1. The van der Waals surface area contributed by atoms with Gasteiger partial charge >= 0.3 is 0 Å². The van der Waals surface area contributed by atoms with Gasteiger partial charge in [0.05, 0.1) is 24.0 Å². The van der Waals surface area contributed by atoms with Crippen molar-refractivity contribution in [2.75, 3.05) is 46.5 Å². The van der Waals surface area contributed by atoms with Crippen molar-refractivity contribution in [3.05, 3.63) is 54.0 Å². The quantitative estimate of drug-likeness (QED) is 0.301. The van der Waals surface area contributed by atoms with Gasteiger partial charge in [-0.3, -0.25) is 14.8 Å². The molecule has 0 saturated carbocycles. The van der Waals surface area contributed by atoms with E-state index in [9.17, 15) is 9.18 Å². The number of nitrogens with one attached hydrogen (secondary N) is 1. The molecule has 38 heavy (non-hydrogen) atoms. The minimum absolute atomic E-state index is 0.0372. The molecule has 200 valence electrons. The Kier molecular flexibility index (Phi) is 7.66. The number of aromatic amines is 1. The lowest BCUT2D eigenvalue weighted by Crippen LogP contribution is -2.61. The number of aromatic nitrogens is 5. The zero-order valence-corrected chi connectivity index (χ0v) is 21.9. The lowest BCUT2D eigenvalue weighted by molar-refractivity contribution is 0.0280. The van der Waals surface area contributed by atoms with E-state index in [-0.39, 0.29) is 18.3 Å². The summed E-state index contributed by atoms with van der Waals surface area (Å²) in [5.41, 5.74) is 2.99. The molecule has 0 unspecified atom stereocenters. The fourth-order valence-electron chi connectivity index (χ4n) is 4.73. The van der Waals surface area contributed by atoms with E-state index in [2.05, 4.69) is 39.3 Å². The summed E-state index contributed by atoms with van der Waals surface area (Å²) in [6, 6.07) is 10.7. The van der Waals surface area contributed by atoms with Crippen LogP contribution >= 0.6 is 0 Å². The monoisotopic (exact) mass is 521 g/mol. The number of benzene rings is 2. The zero-order chi connectivity index (χ0) is 26.6. The van der Waals surface area contributed by atoms with Gasteiger partial charge in [0, 0.05) is 43.3 Å². The molecule has 1 fully saturated rings. The average molecular weight is 522 g/mol. The van der Waals surface area contributed by atoms with Gasteiger partial charge < -0.3 is 14.4 Å². The van der Waals surface area contributed by atoms with Gasteiger partial charge in [-0.2, -0.15) is 5.10 Å². The van der Waals surface area contributed by atoms with Gasteiger partial charge in [-0.05, 0) is 49.8 Å². The van der Waals surface area contributed by atoms with Crippen LogP contribution in [0.25, 0.3) is 28.0 Å². The maximum absolute atomic E-state index is 14.6. The van der Waals surface area contributed by atoms with Gasteiger partial charge in [-0.25, -0.2) is 9.07 Å². The number of ether oxygens (including phenoxy) is 2. The third-order valence-electron chi connectivity index (χ3n) is 6.86. The van der Waals surface area contributed by atoms with Gasteiger partial charge in [0.25, 0.3) is 5.91 Å². The molecule has 3 heterocycles. The van der Waals surface area contributed by atoms with E-state index < -0.39 is 5.82 Å². The fraction of sp³-hybridized carbons (Fsp3) is 0.407. The highest BCUT2D eigenvalue weighted by atomic mass is 19.1. The molecular weight excluding hydrogens is 489 g/mol. The van der Waals surface area contributed by atoms with Crippen LogP contribution in [0.3, 0.4) is 0 Å². The first-order valence-corrected chi connectivity index (χ1v) is 12.9. The number of H-pyrrole nitrogens is 1. The zero-order valence-electron chi connectivity index (χ0n) is 21.9. The Balaban J connectivity index is 1.27. The molecule has 4 aromatic rings. The Morgan fingerprint density at radius 2 is 1.97 bits per heavy atom. The molecule has 1 aliphatic rings. The number of amides is 1. The lowest BCUT2D eigenvalue weighted by Gasteiger charge is -2.45. The SMILES string of the molecule is CCCN(CC)C1CN(C(=O)c2ccc(-n3cc(-c4n[nH]c5cc(OCCOC)c(F)cc45)nn3)cc2)C1. The van der Waals surface area contributed by atoms with Crippen LogP contribution in [0.1, 0.15) is 30.6 Å². The molecule has 2 aromatic carbocycles. The maximum atomic E-state index is 14.6. The molecule has 10 nitrogen and oxygen atoms in total. The van der Waals surface area contributed by atoms with E-state index in [4.69, 9.17) is 9.47 Å². The van der Waals surface area contributed by atoms with Gasteiger partial charge in [0.15, 0.2) is 11.6 Å². The molecule has 1 N–H and O–H groups in total. The summed E-state index contributed by atoms with van der Waals surface area (Å²) >= 11 is 0. The number of rotatable bonds is 11. The van der Waals surface area contributed by atoms with Gasteiger partial charge in [0.2, 0.25) is 0 Å². The number of halogens is 1. The number of fused-ring (bicyclic) bond motifs is 1. The second-order valence-electron chi connectivity index (χ2n) is 9.33. The third kappa shape index (κ3) is 5.11. The number of carbonyl (C=O) groups is 1. The largest absolute Gasteiger partial charge is 0.488 e. The van der Waals surface area contributed by atoms with E-state index in [0.29, 0.717) is 40.5 Å². The molecule has 1 aliphatic heterocycles. The summed E-state index contributed by atoms with van der Waals surface area (Å²) in [7, 11) is 1.56. The first-order valence-electron chi connectivity index (χ1n) is 12.9. The molecule has 0 spiro atoms. The van der Waals surface area contributed by atoms with Crippen molar-refractivity contribution in [2.24, 2.45) is 0 Å². The summed E-state index contributed by atoms with van der Waals surface area (Å²) in [6.45, 7) is 8.54. The molecule has 11 heteroatoms. The van der Waals surface area contributed by atoms with Gasteiger partial charge in [-0.1, -0.05) is 19.1 Å². The van der Waals surface area contributed by atoms with Gasteiger partial charge in [-0.15, -0.1) is 5.10 Å². The number of hydrogen-bond acceptors (Lipinski definition) is 7. The average Bonchev–Trinajstić information content (AvgIpc) is 3.54. The number of methoxy groups -OCH3 is 1. The van der Waals surface area contributed by atoms with E-state index in [0.717, 1.165) is 38.3 Å². The second kappa shape index (κ2) is 11.3. The summed E-state index contributed by atoms with van der Waals surface area (Å²) in [6.07, 6.45) is 2.84. The smallest absolute Gasteiger partial charge is 0.253 e. The predicted octanol–water partition coefficient (Wildman–Crippen LogP) is 3.53. The van der Waals surface area contributed by atoms with Crippen LogP contribution in [0, 0.1) is 5.82 Å². The first-order chi connectivity index (χ1) is 18.5. The van der Waals surface area contributed by atoms with Crippen molar-refractivity contribution in [3.8, 4) is 22.8 Å². The molecule has 2 aromatic heterocycles. The molecule has 0 radical (unpaired) electrons. The van der Waals surface area contributed by atoms with Crippen LogP contribution < -0.4 is 4.74 Å². The van der Waals surface area contributed by atoms with E-state index in [1.54, 1.807) is 36.2 Å². The van der Waals surface area contributed by atoms with Crippen molar-refractivity contribution >= 4 is 16.8 Å². The highest BCUT2D eigenvalue weighted by molar-refractivity contribution is 5.95. The van der Waals surface area contributed by atoms with Crippen molar-refractivity contribution < 1.29 is 18.7 Å². The third-order valence-corrected chi connectivity index (χ3v) is 6.86. The Hall–Kier alpha value is -3.83. The summed E-state index contributed by atoms with van der Waals surface area (Å²) in [5.74, 6) is -0.333. The molecule has 0 aliphatic carbocycles. The van der Waals surface area contributed by atoms with Crippen LogP contribution in [0.15, 0.2) is 42.6 Å². The number of nitrogens with zero attached hydrogens (tertiary/aromatic N) is 6. The van der Waals surface area contributed by atoms with Crippen molar-refractivity contribution in [1.82, 2.24) is 35.0 Å². The summed E-state index contributed by atoms with van der Waals surface area (Å²) in [4.78, 5) is 17.2. The topological polar surface area (TPSA) is 101 Å². The van der Waals surface area contributed by atoms with E-state index in [1.807, 2.05) is 17.0 Å². The number of likely N-dealkylation sites (tertiary alicyclic amines) is 1. The van der Waals surface area contributed by atoms with Crippen molar-refractivity contribution in [3.63, 3.8) is 0 Å². The Bertz CT molecular complexity index is 1400. The molecule has 1 saturated heterocycles. The summed E-state index contributed by atoms with van der Waals surface area (Å²) < 4.78 is 26.6. The van der Waals surface area contributed by atoms with Crippen LogP contribution in [0.4, 0.5) is 4.39 Å². The molecule has 0 atom stereocenters. The molecular formula is C27H32FN7O3. The van der Waals surface area contributed by atoms with E-state index in [1.165, 1.54) is 6.07 Å². The predicted molar refractivity (Wildman–Crippen MR) is 141 cm³/mol. The standard InChI is InChI=1S/C27H32FN7O3/c1-4-10-33(5-2)20-15-34(16-20)27(36)18-6-8-19(9-7-18)35-17-24(30-32-35)26-21-13-22(28)25(38-12-11-37-3)14-23(21)29-31-26/h6-9,13-14,17,20H,4-5,10-12,15-16H2,1-3H3,(H,29,31). The number of hydrogen-bond donors (Lipinski definition) is 1. The fourth-order valence-corrected chi connectivity index (χ4v) is 4.73. The van der Waals surface area contributed by atoms with E-state index >= 15 is 0 Å². The minimum Gasteiger partial charge on any atom is -0.488 e. The highest BCUT2D eigenvalue weighted by Gasteiger charge is 2.34. The molecule has 0 bridgehead atoms. The highest BCUT2D eigenvalue weighted by Crippen LogP contribution is 2.30. The van der Waals surface area contributed by atoms with Gasteiger partial charge in [0.1, 0.15) is 18.0 Å². The summed E-state index contributed by atoms with van der Waals surface area (Å²) in [5, 5.41) is 16.2. The van der Waals surface area contributed by atoms with Crippen LogP contribution in [0.5, 0.6) is 5.75 Å². The Morgan fingerprint density at radius 3 is 2.68 bits per heavy atom. The Morgan fingerprint density at radius 1 is 1.18 bits per heavy atom. The normalized spacial score (nSPS) is 13.9.